The van der Waals surface area contributed by atoms with Crippen LogP contribution in [0.5, 0.6) is 0 Å². The number of hydrogen-bond donors (Lipinski definition) is 0. The molecule has 0 saturated heterocycles. The van der Waals surface area contributed by atoms with Gasteiger partial charge in [0.15, 0.2) is 0 Å². The highest BCUT2D eigenvalue weighted by Crippen LogP contribution is 2.28. The number of dihydropyridines is 1. The molecule has 0 spiro atoms. The van der Waals surface area contributed by atoms with Crippen LogP contribution in [-0.2, 0) is 4.79 Å². The maximum atomic E-state index is 11.9. The monoisotopic (exact) mass is 269 g/mol. The quantitative estimate of drug-likeness (QED) is 0.842. The molecule has 4 nitrogen and oxygen atoms in total. The molecule has 0 saturated carbocycles. The summed E-state index contributed by atoms with van der Waals surface area (Å²) in [6.45, 7) is 1.81. The summed E-state index contributed by atoms with van der Waals surface area (Å²) >= 11 is 1.53. The third-order valence-electron chi connectivity index (χ3n) is 2.85. The molecule has 2 aromatic heterocycles. The van der Waals surface area contributed by atoms with Gasteiger partial charge in [-0.2, -0.15) is 0 Å². The summed E-state index contributed by atoms with van der Waals surface area (Å²) in [5.41, 5.74) is 2.51. The number of aliphatic imine (C=N–C) groups is 1. The van der Waals surface area contributed by atoms with Crippen LogP contribution in [0.1, 0.15) is 18.5 Å². The highest BCUT2D eigenvalue weighted by molar-refractivity contribution is 7.13. The molecule has 1 aliphatic rings. The van der Waals surface area contributed by atoms with E-state index < -0.39 is 0 Å². The van der Waals surface area contributed by atoms with E-state index in [4.69, 9.17) is 0 Å². The van der Waals surface area contributed by atoms with Crippen molar-refractivity contribution in [2.45, 2.75) is 12.8 Å². The first-order chi connectivity index (χ1) is 9.24. The molecule has 3 rings (SSSR count). The van der Waals surface area contributed by atoms with E-state index in [0.717, 1.165) is 22.0 Å². The number of nitrogens with zero attached hydrogens (tertiary/aromatic N) is 3. The second-order valence-corrected chi connectivity index (χ2v) is 5.10. The van der Waals surface area contributed by atoms with Gasteiger partial charge in [-0.05, 0) is 25.1 Å². The Morgan fingerprint density at radius 1 is 1.26 bits per heavy atom. The summed E-state index contributed by atoms with van der Waals surface area (Å²) in [4.78, 5) is 24.3. The van der Waals surface area contributed by atoms with Crippen LogP contribution in [0.4, 0.5) is 0 Å². The molecule has 0 aromatic carbocycles. The van der Waals surface area contributed by atoms with Crippen LogP contribution in [0.2, 0.25) is 0 Å². The van der Waals surface area contributed by atoms with Crippen molar-refractivity contribution >= 4 is 23.0 Å². The van der Waals surface area contributed by atoms with E-state index in [2.05, 4.69) is 15.0 Å². The van der Waals surface area contributed by atoms with Crippen molar-refractivity contribution in [2.75, 3.05) is 0 Å². The van der Waals surface area contributed by atoms with Crippen LogP contribution in [-0.4, -0.2) is 21.6 Å². The van der Waals surface area contributed by atoms with Crippen LogP contribution in [0.3, 0.4) is 0 Å². The molecule has 1 unspecified atom stereocenters. The number of rotatable bonds is 2. The van der Waals surface area contributed by atoms with Gasteiger partial charge in [-0.1, -0.05) is 6.08 Å². The van der Waals surface area contributed by atoms with Gasteiger partial charge >= 0.3 is 0 Å². The number of hydrogen-bond acceptors (Lipinski definition) is 4. The molecule has 0 bridgehead atoms. The lowest BCUT2D eigenvalue weighted by atomic mass is 10.0. The van der Waals surface area contributed by atoms with Gasteiger partial charge < -0.3 is 0 Å². The standard InChI is InChI=1S/C14H11N3OS/c1-9-2-3-11(13(18)16-9)12-8-19-14(17-12)10-4-6-15-7-5-10/h2-8,11H,1H3. The number of amides is 1. The minimum Gasteiger partial charge on any atom is -0.271 e. The summed E-state index contributed by atoms with van der Waals surface area (Å²) in [6.07, 6.45) is 7.18. The molecule has 0 radical (unpaired) electrons. The van der Waals surface area contributed by atoms with Gasteiger partial charge in [0.05, 0.1) is 5.69 Å². The Hall–Kier alpha value is -2.14. The molecule has 2 aromatic rings. The van der Waals surface area contributed by atoms with Gasteiger partial charge in [-0.25, -0.2) is 9.98 Å². The largest absolute Gasteiger partial charge is 0.271 e. The van der Waals surface area contributed by atoms with E-state index in [1.807, 2.05) is 36.6 Å². The topological polar surface area (TPSA) is 55.2 Å². The van der Waals surface area contributed by atoms with Crippen molar-refractivity contribution in [3.05, 3.63) is 47.8 Å². The predicted octanol–water partition coefficient (Wildman–Crippen LogP) is 2.85. The lowest BCUT2D eigenvalue weighted by Gasteiger charge is -2.09. The van der Waals surface area contributed by atoms with Crippen molar-refractivity contribution in [1.82, 2.24) is 9.97 Å². The Morgan fingerprint density at radius 2 is 2.05 bits per heavy atom. The second kappa shape index (κ2) is 4.85. The maximum absolute atomic E-state index is 11.9. The first-order valence-corrected chi connectivity index (χ1v) is 6.75. The van der Waals surface area contributed by atoms with Crippen LogP contribution in [0.15, 0.2) is 47.1 Å². The molecule has 0 N–H and O–H groups in total. The first-order valence-electron chi connectivity index (χ1n) is 5.87. The third-order valence-corrected chi connectivity index (χ3v) is 3.76. The second-order valence-electron chi connectivity index (χ2n) is 4.24. The summed E-state index contributed by atoms with van der Waals surface area (Å²) in [5.74, 6) is -0.498. The Bertz CT molecular complexity index is 673. The lowest BCUT2D eigenvalue weighted by Crippen LogP contribution is -2.13. The Labute approximate surface area is 114 Å². The molecule has 1 aliphatic heterocycles. The normalized spacial score (nSPS) is 18.5. The van der Waals surface area contributed by atoms with Crippen LogP contribution >= 0.6 is 11.3 Å². The number of aromatic nitrogens is 2. The molecular formula is C14H11N3OS. The summed E-state index contributed by atoms with van der Waals surface area (Å²) < 4.78 is 0. The van der Waals surface area contributed by atoms with Crippen molar-refractivity contribution in [1.29, 1.82) is 0 Å². The smallest absolute Gasteiger partial charge is 0.258 e. The molecule has 1 amide bonds. The Balaban J connectivity index is 1.91. The molecular weight excluding hydrogens is 258 g/mol. The molecule has 1 atom stereocenters. The van der Waals surface area contributed by atoms with E-state index in [9.17, 15) is 4.79 Å². The van der Waals surface area contributed by atoms with E-state index in [0.29, 0.717) is 0 Å². The fourth-order valence-electron chi connectivity index (χ4n) is 1.88. The Morgan fingerprint density at radius 3 is 2.79 bits per heavy atom. The number of pyridine rings is 1. The highest BCUT2D eigenvalue weighted by atomic mass is 32.1. The Kier molecular flexibility index (Phi) is 3.05. The van der Waals surface area contributed by atoms with E-state index >= 15 is 0 Å². The van der Waals surface area contributed by atoms with Crippen molar-refractivity contribution in [3.63, 3.8) is 0 Å². The number of thiazole rings is 1. The molecule has 94 valence electrons. The van der Waals surface area contributed by atoms with Gasteiger partial charge in [0.1, 0.15) is 10.9 Å². The zero-order valence-corrected chi connectivity index (χ0v) is 11.1. The number of carbonyl (C=O) groups excluding carboxylic acids is 1. The molecule has 5 heteroatoms. The van der Waals surface area contributed by atoms with Gasteiger partial charge in [0.25, 0.3) is 5.91 Å². The fourth-order valence-corrected chi connectivity index (χ4v) is 2.74. The lowest BCUT2D eigenvalue weighted by molar-refractivity contribution is -0.118. The summed E-state index contributed by atoms with van der Waals surface area (Å²) in [5, 5.41) is 2.81. The number of allylic oxidation sites excluding steroid dienone is 1. The molecule has 0 aliphatic carbocycles. The molecule has 0 fully saturated rings. The summed E-state index contributed by atoms with van der Waals surface area (Å²) in [7, 11) is 0. The third kappa shape index (κ3) is 2.37. The average molecular weight is 269 g/mol. The van der Waals surface area contributed by atoms with Crippen molar-refractivity contribution < 1.29 is 4.79 Å². The minimum absolute atomic E-state index is 0.147. The van der Waals surface area contributed by atoms with Gasteiger partial charge in [-0.3, -0.25) is 9.78 Å². The van der Waals surface area contributed by atoms with E-state index in [1.54, 1.807) is 12.4 Å². The van der Waals surface area contributed by atoms with E-state index in [-0.39, 0.29) is 11.8 Å². The summed E-state index contributed by atoms with van der Waals surface area (Å²) in [6, 6.07) is 3.81. The highest BCUT2D eigenvalue weighted by Gasteiger charge is 2.23. The van der Waals surface area contributed by atoms with Gasteiger partial charge in [0.2, 0.25) is 0 Å². The van der Waals surface area contributed by atoms with Crippen molar-refractivity contribution in [3.8, 4) is 10.6 Å². The molecule has 19 heavy (non-hydrogen) atoms. The van der Waals surface area contributed by atoms with Crippen LogP contribution in [0.25, 0.3) is 10.6 Å². The van der Waals surface area contributed by atoms with Crippen LogP contribution < -0.4 is 0 Å². The van der Waals surface area contributed by atoms with Crippen molar-refractivity contribution in [2.24, 2.45) is 4.99 Å². The molecule has 3 heterocycles. The van der Waals surface area contributed by atoms with Gasteiger partial charge in [-0.15, -0.1) is 11.3 Å². The van der Waals surface area contributed by atoms with Gasteiger partial charge in [0, 0.05) is 29.0 Å². The SMILES string of the molecule is CC1=NC(=O)C(c2csc(-c3ccncc3)n2)C=C1. The van der Waals surface area contributed by atoms with Crippen LogP contribution in [0, 0.1) is 0 Å². The zero-order valence-electron chi connectivity index (χ0n) is 10.3. The maximum Gasteiger partial charge on any atom is 0.258 e. The van der Waals surface area contributed by atoms with E-state index in [1.165, 1.54) is 11.3 Å². The number of carbonyl (C=O) groups is 1. The fraction of sp³-hybridized carbons (Fsp3) is 0.143. The zero-order chi connectivity index (χ0) is 13.2. The average Bonchev–Trinajstić information content (AvgIpc) is 2.89. The minimum atomic E-state index is -0.351. The predicted molar refractivity (Wildman–Crippen MR) is 75.3 cm³/mol. The first kappa shape index (κ1) is 11.9.